The maximum atomic E-state index is 13.8. The smallest absolute Gasteiger partial charge is 0.358 e. The summed E-state index contributed by atoms with van der Waals surface area (Å²) in [5.74, 6) is 0.253. The molecule has 32 heavy (non-hydrogen) atoms. The molecule has 1 aromatic heterocycles. The molecule has 0 spiro atoms. The highest BCUT2D eigenvalue weighted by atomic mass is 16.6. The lowest BCUT2D eigenvalue weighted by atomic mass is 9.87. The molecule has 0 radical (unpaired) electrons. The Morgan fingerprint density at radius 3 is 2.56 bits per heavy atom. The van der Waals surface area contributed by atoms with E-state index in [9.17, 15) is 14.9 Å². The molecular formula is C25H28N4O3. The predicted octanol–water partition coefficient (Wildman–Crippen LogP) is 4.71. The van der Waals surface area contributed by atoms with Crippen LogP contribution >= 0.6 is 0 Å². The normalized spacial score (nSPS) is 18.7. The van der Waals surface area contributed by atoms with Crippen LogP contribution in [0.1, 0.15) is 44.2 Å². The van der Waals surface area contributed by atoms with E-state index in [1.54, 1.807) is 4.57 Å². The van der Waals surface area contributed by atoms with Crippen molar-refractivity contribution in [1.29, 1.82) is 0 Å². The van der Waals surface area contributed by atoms with Gasteiger partial charge in [-0.2, -0.15) is 0 Å². The highest BCUT2D eigenvalue weighted by Gasteiger charge is 2.42. The summed E-state index contributed by atoms with van der Waals surface area (Å²) in [7, 11) is 0. The first-order valence-electron chi connectivity index (χ1n) is 11.0. The van der Waals surface area contributed by atoms with Crippen molar-refractivity contribution in [1.82, 2.24) is 14.5 Å². The molecule has 7 nitrogen and oxygen atoms in total. The van der Waals surface area contributed by atoms with Crippen LogP contribution in [0.25, 0.3) is 5.57 Å². The van der Waals surface area contributed by atoms with E-state index >= 15 is 0 Å². The zero-order chi connectivity index (χ0) is 22.7. The van der Waals surface area contributed by atoms with Gasteiger partial charge >= 0.3 is 5.82 Å². The van der Waals surface area contributed by atoms with Crippen molar-refractivity contribution in [2.75, 3.05) is 13.1 Å². The van der Waals surface area contributed by atoms with Gasteiger partial charge in [-0.05, 0) is 58.7 Å². The number of nitrogens with zero attached hydrogens (tertiary/aromatic N) is 4. The summed E-state index contributed by atoms with van der Waals surface area (Å²) in [6, 6.07) is 7.88. The lowest BCUT2D eigenvalue weighted by Crippen LogP contribution is -2.51. The van der Waals surface area contributed by atoms with Crippen LogP contribution in [0.5, 0.6) is 0 Å². The number of piperidine rings is 1. The van der Waals surface area contributed by atoms with E-state index in [0.717, 1.165) is 36.0 Å². The Hall–Kier alpha value is -3.48. The molecule has 0 N–H and O–H groups in total. The van der Waals surface area contributed by atoms with Crippen molar-refractivity contribution in [3.63, 3.8) is 0 Å². The van der Waals surface area contributed by atoms with Gasteiger partial charge in [0, 0.05) is 13.1 Å². The Kier molecular flexibility index (Phi) is 6.08. The summed E-state index contributed by atoms with van der Waals surface area (Å²) in [5.41, 5.74) is 1.79. The van der Waals surface area contributed by atoms with Crippen molar-refractivity contribution in [2.24, 2.45) is 5.92 Å². The monoisotopic (exact) mass is 432 g/mol. The molecule has 2 heterocycles. The Morgan fingerprint density at radius 2 is 1.91 bits per heavy atom. The number of hydrogen-bond acceptors (Lipinski definition) is 4. The van der Waals surface area contributed by atoms with Crippen LogP contribution in [0.2, 0.25) is 0 Å². The van der Waals surface area contributed by atoms with E-state index in [-0.39, 0.29) is 11.7 Å². The first kappa shape index (κ1) is 21.7. The third-order valence-corrected chi connectivity index (χ3v) is 6.52. The zero-order valence-electron chi connectivity index (χ0n) is 18.5. The maximum Gasteiger partial charge on any atom is 0.381 e. The van der Waals surface area contributed by atoms with Crippen LogP contribution in [0.3, 0.4) is 0 Å². The van der Waals surface area contributed by atoms with Crippen LogP contribution < -0.4 is 0 Å². The average Bonchev–Trinajstić information content (AvgIpc) is 3.16. The predicted molar refractivity (Wildman–Crippen MR) is 124 cm³/mol. The minimum absolute atomic E-state index is 0.0686. The van der Waals surface area contributed by atoms with Gasteiger partial charge in [-0.15, -0.1) is 0 Å². The van der Waals surface area contributed by atoms with Gasteiger partial charge in [0.25, 0.3) is 5.91 Å². The third kappa shape index (κ3) is 4.15. The molecule has 1 saturated heterocycles. The molecule has 1 amide bonds. The molecule has 1 unspecified atom stereocenters. The molecule has 0 saturated carbocycles. The molecule has 1 aliphatic heterocycles. The first-order valence-corrected chi connectivity index (χ1v) is 11.0. The van der Waals surface area contributed by atoms with Gasteiger partial charge < -0.3 is 15.0 Å². The Labute approximate surface area is 187 Å². The number of rotatable bonds is 5. The number of carbonyl (C=O) groups excluding carboxylic acids is 1. The van der Waals surface area contributed by atoms with E-state index in [1.165, 1.54) is 12.5 Å². The van der Waals surface area contributed by atoms with E-state index in [1.807, 2.05) is 42.2 Å². The van der Waals surface area contributed by atoms with Gasteiger partial charge in [0.2, 0.25) is 6.33 Å². The number of hydrogen-bond donors (Lipinski definition) is 0. The number of likely N-dealkylation sites (tertiary alicyclic amines) is 1. The summed E-state index contributed by atoms with van der Waals surface area (Å²) in [4.78, 5) is 30.3. The Balaban J connectivity index is 1.73. The Bertz CT molecular complexity index is 1090. The van der Waals surface area contributed by atoms with Crippen molar-refractivity contribution < 1.29 is 9.72 Å². The summed E-state index contributed by atoms with van der Waals surface area (Å²) >= 11 is 0. The topological polar surface area (TPSA) is 81.3 Å². The standard InChI is InChI=1S/C25H28N4O3/c1-19-13-15-27(16-14-19)24(30)25(2,28-17-23(26-18-28)29(31)32)22-11-9-21(10-12-22)20-7-5-3-4-6-8-20/h3,5-12,17-19H,4,13-16H2,1-2H3. The number of aromatic nitrogens is 2. The molecule has 2 aliphatic rings. The van der Waals surface area contributed by atoms with E-state index < -0.39 is 10.5 Å². The van der Waals surface area contributed by atoms with Crippen LogP contribution in [-0.2, 0) is 10.3 Å². The third-order valence-electron chi connectivity index (χ3n) is 6.52. The van der Waals surface area contributed by atoms with Gasteiger partial charge in [-0.1, -0.05) is 61.6 Å². The molecule has 1 atom stereocenters. The number of imidazole rings is 1. The second-order valence-corrected chi connectivity index (χ2v) is 8.71. The van der Waals surface area contributed by atoms with Crippen molar-refractivity contribution in [3.8, 4) is 0 Å². The van der Waals surface area contributed by atoms with Crippen molar-refractivity contribution in [3.05, 3.63) is 88.4 Å². The van der Waals surface area contributed by atoms with Crippen molar-refractivity contribution >= 4 is 17.3 Å². The second kappa shape index (κ2) is 8.94. The molecule has 166 valence electrons. The molecule has 1 aromatic carbocycles. The maximum absolute atomic E-state index is 13.8. The van der Waals surface area contributed by atoms with Gasteiger partial charge in [-0.25, -0.2) is 0 Å². The summed E-state index contributed by atoms with van der Waals surface area (Å²) < 4.78 is 1.58. The lowest BCUT2D eigenvalue weighted by molar-refractivity contribution is -0.389. The number of nitro groups is 1. The van der Waals surface area contributed by atoms with Crippen molar-refractivity contribution in [2.45, 2.75) is 38.6 Å². The van der Waals surface area contributed by atoms with Crippen LogP contribution in [0.15, 0.2) is 67.2 Å². The minimum Gasteiger partial charge on any atom is -0.358 e. The molecule has 2 aromatic rings. The Morgan fingerprint density at radius 1 is 1.19 bits per heavy atom. The fourth-order valence-corrected chi connectivity index (χ4v) is 4.31. The minimum atomic E-state index is -1.13. The summed E-state index contributed by atoms with van der Waals surface area (Å²) in [6.07, 6.45) is 16.0. The highest BCUT2D eigenvalue weighted by molar-refractivity contribution is 5.88. The largest absolute Gasteiger partial charge is 0.381 e. The first-order chi connectivity index (χ1) is 15.4. The SMILES string of the molecule is CC1CCN(C(=O)C(C)(c2ccc(C3=CC=CCC=C3)cc2)n2cnc([N+](=O)[O-])c2)CC1. The molecule has 7 heteroatoms. The summed E-state index contributed by atoms with van der Waals surface area (Å²) in [5, 5.41) is 11.2. The van der Waals surface area contributed by atoms with Gasteiger partial charge in [0.15, 0.2) is 0 Å². The molecule has 1 aliphatic carbocycles. The summed E-state index contributed by atoms with van der Waals surface area (Å²) in [6.45, 7) is 5.40. The van der Waals surface area contributed by atoms with Gasteiger partial charge in [0.1, 0.15) is 11.7 Å². The number of amides is 1. The van der Waals surface area contributed by atoms with E-state index in [4.69, 9.17) is 0 Å². The van der Waals surface area contributed by atoms with Crippen LogP contribution in [-0.4, -0.2) is 38.4 Å². The highest BCUT2D eigenvalue weighted by Crippen LogP contribution is 2.33. The fourth-order valence-electron chi connectivity index (χ4n) is 4.31. The zero-order valence-corrected chi connectivity index (χ0v) is 18.5. The van der Waals surface area contributed by atoms with E-state index in [0.29, 0.717) is 19.0 Å². The molecule has 4 rings (SSSR count). The van der Waals surface area contributed by atoms with Gasteiger partial charge in [-0.3, -0.25) is 9.36 Å². The number of carbonyl (C=O) groups is 1. The molecule has 0 bridgehead atoms. The van der Waals surface area contributed by atoms with Crippen LogP contribution in [0.4, 0.5) is 5.82 Å². The number of allylic oxidation sites excluding steroid dienone is 6. The lowest BCUT2D eigenvalue weighted by Gasteiger charge is -2.38. The fraction of sp³-hybridized carbons (Fsp3) is 0.360. The van der Waals surface area contributed by atoms with E-state index in [2.05, 4.69) is 36.2 Å². The second-order valence-electron chi connectivity index (χ2n) is 8.71. The number of benzene rings is 1. The van der Waals surface area contributed by atoms with Gasteiger partial charge in [0.05, 0.1) is 0 Å². The molecular weight excluding hydrogens is 404 g/mol. The quantitative estimate of drug-likeness (QED) is 0.506. The average molecular weight is 433 g/mol. The van der Waals surface area contributed by atoms with Crippen LogP contribution in [0, 0.1) is 16.0 Å². The molecule has 1 fully saturated rings.